The summed E-state index contributed by atoms with van der Waals surface area (Å²) in [7, 11) is 0. The number of thioether (sulfide) groups is 1. The standard InChI is InChI=1S/C18H16BrNOS.BrH/c1-13-10-20(12-22-13)11-18(21)16-4-2-14(3-5-16)15-6-8-17(19)9-7-15;/h2-10H,11-12H2,1H3;1H. The van der Waals surface area contributed by atoms with Crippen LogP contribution in [0.15, 0.2) is 64.1 Å². The van der Waals surface area contributed by atoms with E-state index in [4.69, 9.17) is 0 Å². The van der Waals surface area contributed by atoms with Gasteiger partial charge in [0, 0.05) is 16.2 Å². The van der Waals surface area contributed by atoms with E-state index in [1.54, 1.807) is 11.8 Å². The maximum atomic E-state index is 12.3. The highest BCUT2D eigenvalue weighted by Gasteiger charge is 2.14. The van der Waals surface area contributed by atoms with E-state index in [-0.39, 0.29) is 22.8 Å². The first-order valence-corrected chi connectivity index (χ1v) is 8.84. The molecular formula is C18H17Br2NOS. The van der Waals surface area contributed by atoms with E-state index in [9.17, 15) is 4.79 Å². The third-order valence-corrected chi connectivity index (χ3v) is 5.10. The largest absolute Gasteiger partial charge is 0.360 e. The van der Waals surface area contributed by atoms with Crippen molar-refractivity contribution < 1.29 is 4.79 Å². The van der Waals surface area contributed by atoms with Gasteiger partial charge in [-0.05, 0) is 35.1 Å². The van der Waals surface area contributed by atoms with Crippen molar-refractivity contribution >= 4 is 50.5 Å². The van der Waals surface area contributed by atoms with Gasteiger partial charge in [-0.15, -0.1) is 28.7 Å². The number of Topliss-reactive ketones (excluding diaryl/α,β-unsaturated/α-hetero) is 1. The summed E-state index contributed by atoms with van der Waals surface area (Å²) in [5, 5.41) is 0. The van der Waals surface area contributed by atoms with Gasteiger partial charge in [0.05, 0.1) is 12.4 Å². The van der Waals surface area contributed by atoms with Crippen LogP contribution >= 0.6 is 44.7 Å². The molecule has 0 bridgehead atoms. The number of ketones is 1. The molecule has 120 valence electrons. The van der Waals surface area contributed by atoms with Gasteiger partial charge in [0.25, 0.3) is 0 Å². The molecule has 1 aliphatic heterocycles. The highest BCUT2D eigenvalue weighted by molar-refractivity contribution is 9.10. The summed E-state index contributed by atoms with van der Waals surface area (Å²) in [6.45, 7) is 2.52. The summed E-state index contributed by atoms with van der Waals surface area (Å²) in [5.74, 6) is 1.03. The van der Waals surface area contributed by atoms with Crippen LogP contribution in [0.25, 0.3) is 11.1 Å². The molecule has 0 aliphatic carbocycles. The number of carbonyl (C=O) groups is 1. The van der Waals surface area contributed by atoms with Gasteiger partial charge in [0.15, 0.2) is 5.78 Å². The second-order valence-electron chi connectivity index (χ2n) is 5.27. The highest BCUT2D eigenvalue weighted by Crippen LogP contribution is 2.25. The average Bonchev–Trinajstić information content (AvgIpc) is 2.93. The summed E-state index contributed by atoms with van der Waals surface area (Å²) in [4.78, 5) is 15.6. The Morgan fingerprint density at radius 3 is 2.17 bits per heavy atom. The first kappa shape index (κ1) is 18.3. The Balaban J connectivity index is 0.00000192. The molecule has 0 fully saturated rings. The van der Waals surface area contributed by atoms with Crippen molar-refractivity contribution in [1.29, 1.82) is 0 Å². The lowest BCUT2D eigenvalue weighted by Crippen LogP contribution is -2.22. The Morgan fingerprint density at radius 2 is 1.65 bits per heavy atom. The molecule has 0 radical (unpaired) electrons. The minimum atomic E-state index is 0. The Labute approximate surface area is 159 Å². The predicted molar refractivity (Wildman–Crippen MR) is 107 cm³/mol. The zero-order chi connectivity index (χ0) is 15.5. The zero-order valence-electron chi connectivity index (χ0n) is 12.7. The van der Waals surface area contributed by atoms with E-state index < -0.39 is 0 Å². The molecule has 1 heterocycles. The highest BCUT2D eigenvalue weighted by atomic mass is 79.9. The summed E-state index contributed by atoms with van der Waals surface area (Å²) in [5.41, 5.74) is 3.04. The molecule has 0 amide bonds. The first-order valence-electron chi connectivity index (χ1n) is 7.06. The zero-order valence-corrected chi connectivity index (χ0v) is 16.8. The third-order valence-electron chi connectivity index (χ3n) is 3.55. The van der Waals surface area contributed by atoms with Gasteiger partial charge in [0.1, 0.15) is 0 Å². The lowest BCUT2D eigenvalue weighted by atomic mass is 10.0. The van der Waals surface area contributed by atoms with Gasteiger partial charge in [-0.1, -0.05) is 52.3 Å². The minimum Gasteiger partial charge on any atom is -0.360 e. The van der Waals surface area contributed by atoms with Crippen LogP contribution in [0.5, 0.6) is 0 Å². The fraction of sp³-hybridized carbons (Fsp3) is 0.167. The Morgan fingerprint density at radius 1 is 1.09 bits per heavy atom. The lowest BCUT2D eigenvalue weighted by molar-refractivity contribution is 0.0963. The van der Waals surface area contributed by atoms with E-state index in [0.717, 1.165) is 27.0 Å². The number of rotatable bonds is 4. The molecule has 2 nitrogen and oxygen atoms in total. The van der Waals surface area contributed by atoms with E-state index in [1.165, 1.54) is 4.91 Å². The topological polar surface area (TPSA) is 20.3 Å². The lowest BCUT2D eigenvalue weighted by Gasteiger charge is -2.13. The van der Waals surface area contributed by atoms with Crippen LogP contribution < -0.4 is 0 Å². The number of carbonyl (C=O) groups excluding carboxylic acids is 1. The molecule has 0 saturated carbocycles. The van der Waals surface area contributed by atoms with E-state index in [0.29, 0.717) is 6.54 Å². The summed E-state index contributed by atoms with van der Waals surface area (Å²) < 4.78 is 1.06. The van der Waals surface area contributed by atoms with Gasteiger partial charge in [0.2, 0.25) is 0 Å². The van der Waals surface area contributed by atoms with Crippen molar-refractivity contribution in [1.82, 2.24) is 4.90 Å². The SMILES string of the molecule is Br.CC1=CN(CC(=O)c2ccc(-c3ccc(Br)cc3)cc2)CS1. The van der Waals surface area contributed by atoms with Gasteiger partial charge in [-0.3, -0.25) is 4.79 Å². The quantitative estimate of drug-likeness (QED) is 0.549. The van der Waals surface area contributed by atoms with Crippen molar-refractivity contribution in [2.24, 2.45) is 0 Å². The molecule has 0 aromatic heterocycles. The fourth-order valence-electron chi connectivity index (χ4n) is 2.37. The first-order chi connectivity index (χ1) is 10.6. The monoisotopic (exact) mass is 453 g/mol. The number of nitrogens with zero attached hydrogens (tertiary/aromatic N) is 1. The molecule has 5 heteroatoms. The molecule has 23 heavy (non-hydrogen) atoms. The average molecular weight is 455 g/mol. The van der Waals surface area contributed by atoms with Crippen LogP contribution in [0.3, 0.4) is 0 Å². The van der Waals surface area contributed by atoms with Crippen LogP contribution in [0, 0.1) is 0 Å². The molecule has 3 rings (SSSR count). The predicted octanol–water partition coefficient (Wildman–Crippen LogP) is 5.74. The van der Waals surface area contributed by atoms with Crippen LogP contribution in [0.1, 0.15) is 17.3 Å². The van der Waals surface area contributed by atoms with Crippen LogP contribution in [-0.2, 0) is 0 Å². The van der Waals surface area contributed by atoms with E-state index in [2.05, 4.69) is 46.1 Å². The number of halogens is 2. The van der Waals surface area contributed by atoms with E-state index >= 15 is 0 Å². The number of hydrogen-bond acceptors (Lipinski definition) is 3. The Kier molecular flexibility index (Phi) is 6.50. The molecule has 0 unspecified atom stereocenters. The summed E-state index contributed by atoms with van der Waals surface area (Å²) >= 11 is 5.21. The molecule has 0 saturated heterocycles. The number of allylic oxidation sites excluding steroid dienone is 1. The second-order valence-corrected chi connectivity index (χ2v) is 7.37. The maximum Gasteiger partial charge on any atom is 0.182 e. The molecule has 0 spiro atoms. The van der Waals surface area contributed by atoms with Gasteiger partial charge >= 0.3 is 0 Å². The van der Waals surface area contributed by atoms with Crippen molar-refractivity contribution in [3.8, 4) is 11.1 Å². The summed E-state index contributed by atoms with van der Waals surface area (Å²) in [6, 6.07) is 16.0. The Bertz CT molecular complexity index is 711. The molecule has 0 atom stereocenters. The van der Waals surface area contributed by atoms with Gasteiger partial charge in [-0.2, -0.15) is 0 Å². The molecule has 0 N–H and O–H groups in total. The Hall–Kier alpha value is -1.04. The second kappa shape index (κ2) is 8.18. The number of hydrogen-bond donors (Lipinski definition) is 0. The maximum absolute atomic E-state index is 12.3. The van der Waals surface area contributed by atoms with Crippen LogP contribution in [0.2, 0.25) is 0 Å². The number of benzene rings is 2. The van der Waals surface area contributed by atoms with Crippen molar-refractivity contribution in [2.45, 2.75) is 6.92 Å². The van der Waals surface area contributed by atoms with Crippen LogP contribution in [-0.4, -0.2) is 23.1 Å². The van der Waals surface area contributed by atoms with Gasteiger partial charge in [-0.25, -0.2) is 0 Å². The minimum absolute atomic E-state index is 0. The molecule has 2 aromatic rings. The molecule has 1 aliphatic rings. The molecule has 2 aromatic carbocycles. The van der Waals surface area contributed by atoms with Crippen molar-refractivity contribution in [2.75, 3.05) is 12.4 Å². The van der Waals surface area contributed by atoms with Gasteiger partial charge < -0.3 is 4.90 Å². The van der Waals surface area contributed by atoms with Crippen molar-refractivity contribution in [3.05, 3.63) is 69.7 Å². The van der Waals surface area contributed by atoms with Crippen LogP contribution in [0.4, 0.5) is 0 Å². The third kappa shape index (κ3) is 4.72. The smallest absolute Gasteiger partial charge is 0.182 e. The van der Waals surface area contributed by atoms with E-state index in [1.807, 2.05) is 36.4 Å². The molecular weight excluding hydrogens is 438 g/mol. The normalized spacial score (nSPS) is 13.5. The summed E-state index contributed by atoms with van der Waals surface area (Å²) in [6.07, 6.45) is 2.05. The fourth-order valence-corrected chi connectivity index (χ4v) is 3.40. The van der Waals surface area contributed by atoms with Crippen molar-refractivity contribution in [3.63, 3.8) is 0 Å².